The summed E-state index contributed by atoms with van der Waals surface area (Å²) in [5.74, 6) is -0.0954. The van der Waals surface area contributed by atoms with E-state index in [1.54, 1.807) is 0 Å². The van der Waals surface area contributed by atoms with Crippen molar-refractivity contribution in [2.75, 3.05) is 0 Å². The van der Waals surface area contributed by atoms with Crippen molar-refractivity contribution >= 4 is 10.8 Å². The summed E-state index contributed by atoms with van der Waals surface area (Å²) >= 11 is 0. The second kappa shape index (κ2) is 5.59. The molecule has 0 aliphatic rings. The maximum absolute atomic E-state index is 9.46. The van der Waals surface area contributed by atoms with Crippen LogP contribution < -0.4 is 0 Å². The van der Waals surface area contributed by atoms with Crippen LogP contribution in [0.5, 0.6) is 0 Å². The number of nitriles is 1. The van der Waals surface area contributed by atoms with Gasteiger partial charge in [0.2, 0.25) is 0 Å². The van der Waals surface area contributed by atoms with Crippen LogP contribution in [0.1, 0.15) is 17.0 Å². The first-order valence-electron chi connectivity index (χ1n) is 6.79. The maximum atomic E-state index is 9.46. The zero-order valence-electron chi connectivity index (χ0n) is 11.2. The van der Waals surface area contributed by atoms with Crippen molar-refractivity contribution in [3.63, 3.8) is 0 Å². The van der Waals surface area contributed by atoms with Gasteiger partial charge in [0.05, 0.1) is 12.0 Å². The molecule has 0 aliphatic carbocycles. The Morgan fingerprint density at radius 2 is 1.50 bits per heavy atom. The number of rotatable bonds is 3. The SMILES string of the molecule is N#C[C@@H](Cc1ccccc1)c1ccc2ccccc2c1. The van der Waals surface area contributed by atoms with Crippen molar-refractivity contribution in [3.05, 3.63) is 83.9 Å². The highest BCUT2D eigenvalue weighted by atomic mass is 14.3. The first kappa shape index (κ1) is 12.4. The molecule has 0 radical (unpaired) electrons. The molecule has 3 aromatic carbocycles. The van der Waals surface area contributed by atoms with Crippen molar-refractivity contribution in [3.8, 4) is 6.07 Å². The lowest BCUT2D eigenvalue weighted by molar-refractivity contribution is 0.851. The Balaban J connectivity index is 1.93. The highest BCUT2D eigenvalue weighted by Crippen LogP contribution is 2.24. The van der Waals surface area contributed by atoms with Crippen LogP contribution in [-0.4, -0.2) is 0 Å². The van der Waals surface area contributed by atoms with Crippen LogP contribution in [0, 0.1) is 11.3 Å². The fourth-order valence-electron chi connectivity index (χ4n) is 2.51. The molecule has 0 saturated carbocycles. The third kappa shape index (κ3) is 2.55. The minimum Gasteiger partial charge on any atom is -0.198 e. The Morgan fingerprint density at radius 1 is 0.800 bits per heavy atom. The van der Waals surface area contributed by atoms with E-state index in [0.29, 0.717) is 0 Å². The van der Waals surface area contributed by atoms with E-state index >= 15 is 0 Å². The molecule has 0 aromatic heterocycles. The van der Waals surface area contributed by atoms with Crippen molar-refractivity contribution in [2.24, 2.45) is 0 Å². The molecule has 1 atom stereocenters. The second-order valence-electron chi connectivity index (χ2n) is 4.98. The molecule has 0 spiro atoms. The van der Waals surface area contributed by atoms with Gasteiger partial charge in [0.15, 0.2) is 0 Å². The van der Waals surface area contributed by atoms with E-state index in [1.807, 2.05) is 30.3 Å². The van der Waals surface area contributed by atoms with E-state index in [0.717, 1.165) is 12.0 Å². The van der Waals surface area contributed by atoms with Crippen LogP contribution in [-0.2, 0) is 6.42 Å². The van der Waals surface area contributed by atoms with Gasteiger partial charge in [-0.15, -0.1) is 0 Å². The molecule has 0 heterocycles. The van der Waals surface area contributed by atoms with Gasteiger partial charge in [0, 0.05) is 0 Å². The molecule has 20 heavy (non-hydrogen) atoms. The summed E-state index contributed by atoms with van der Waals surface area (Å²) in [5.41, 5.74) is 2.29. The first-order chi connectivity index (χ1) is 9.86. The Morgan fingerprint density at radius 3 is 2.25 bits per heavy atom. The molecule has 0 fully saturated rings. The molecule has 1 nitrogen and oxygen atoms in total. The predicted molar refractivity (Wildman–Crippen MR) is 82.4 cm³/mol. The van der Waals surface area contributed by atoms with Gasteiger partial charge >= 0.3 is 0 Å². The number of hydrogen-bond donors (Lipinski definition) is 0. The number of hydrogen-bond acceptors (Lipinski definition) is 1. The Hall–Kier alpha value is -2.59. The summed E-state index contributed by atoms with van der Waals surface area (Å²) < 4.78 is 0. The molecule has 0 N–H and O–H groups in total. The second-order valence-corrected chi connectivity index (χ2v) is 4.98. The van der Waals surface area contributed by atoms with Gasteiger partial charge in [-0.05, 0) is 34.4 Å². The van der Waals surface area contributed by atoms with Gasteiger partial charge in [0.1, 0.15) is 0 Å². The van der Waals surface area contributed by atoms with Crippen LogP contribution in [0.2, 0.25) is 0 Å². The van der Waals surface area contributed by atoms with E-state index in [4.69, 9.17) is 0 Å². The van der Waals surface area contributed by atoms with Gasteiger partial charge in [-0.25, -0.2) is 0 Å². The van der Waals surface area contributed by atoms with Crippen molar-refractivity contribution in [1.82, 2.24) is 0 Å². The van der Waals surface area contributed by atoms with Gasteiger partial charge in [-0.1, -0.05) is 66.7 Å². The van der Waals surface area contributed by atoms with Gasteiger partial charge < -0.3 is 0 Å². The molecular weight excluding hydrogens is 242 g/mol. The van der Waals surface area contributed by atoms with E-state index in [-0.39, 0.29) is 5.92 Å². The molecule has 3 aromatic rings. The van der Waals surface area contributed by atoms with Gasteiger partial charge in [-0.3, -0.25) is 0 Å². The average molecular weight is 257 g/mol. The average Bonchev–Trinajstić information content (AvgIpc) is 2.53. The minimum absolute atomic E-state index is 0.0954. The number of fused-ring (bicyclic) bond motifs is 1. The smallest absolute Gasteiger partial charge is 0.0753 e. The van der Waals surface area contributed by atoms with Crippen LogP contribution in [0.25, 0.3) is 10.8 Å². The lowest BCUT2D eigenvalue weighted by atomic mass is 9.92. The molecule has 3 rings (SSSR count). The molecular formula is C19H15N. The van der Waals surface area contributed by atoms with E-state index in [9.17, 15) is 5.26 Å². The summed E-state index contributed by atoms with van der Waals surface area (Å²) in [6, 6.07) is 27.2. The highest BCUT2D eigenvalue weighted by molar-refractivity contribution is 5.83. The number of nitrogens with zero attached hydrogens (tertiary/aromatic N) is 1. The molecule has 0 bridgehead atoms. The lowest BCUT2D eigenvalue weighted by Crippen LogP contribution is -2.00. The lowest BCUT2D eigenvalue weighted by Gasteiger charge is -2.10. The fraction of sp³-hybridized carbons (Fsp3) is 0.105. The predicted octanol–water partition coefficient (Wildman–Crippen LogP) is 4.69. The zero-order chi connectivity index (χ0) is 13.8. The van der Waals surface area contributed by atoms with E-state index in [2.05, 4.69) is 48.5 Å². The van der Waals surface area contributed by atoms with Crippen molar-refractivity contribution < 1.29 is 0 Å². The monoisotopic (exact) mass is 257 g/mol. The summed E-state index contributed by atoms with van der Waals surface area (Å²) in [7, 11) is 0. The third-order valence-corrected chi connectivity index (χ3v) is 3.61. The maximum Gasteiger partial charge on any atom is 0.0753 e. The molecule has 0 unspecified atom stereocenters. The molecule has 0 amide bonds. The van der Waals surface area contributed by atoms with Gasteiger partial charge in [-0.2, -0.15) is 5.26 Å². The van der Waals surface area contributed by atoms with E-state index < -0.39 is 0 Å². The normalized spacial score (nSPS) is 11.9. The topological polar surface area (TPSA) is 23.8 Å². The standard InChI is InChI=1S/C19H15N/c20-14-19(12-15-6-2-1-3-7-15)18-11-10-16-8-4-5-9-17(16)13-18/h1-11,13,19H,12H2/t19-/m1/s1. The van der Waals surface area contributed by atoms with Crippen LogP contribution in [0.3, 0.4) is 0 Å². The summed E-state index contributed by atoms with van der Waals surface area (Å²) in [6.45, 7) is 0. The molecule has 0 aliphatic heterocycles. The Labute approximate surface area is 119 Å². The molecule has 96 valence electrons. The largest absolute Gasteiger partial charge is 0.198 e. The highest BCUT2D eigenvalue weighted by Gasteiger charge is 2.11. The van der Waals surface area contributed by atoms with E-state index in [1.165, 1.54) is 16.3 Å². The first-order valence-corrected chi connectivity index (χ1v) is 6.79. The van der Waals surface area contributed by atoms with Crippen LogP contribution in [0.4, 0.5) is 0 Å². The molecule has 0 saturated heterocycles. The third-order valence-electron chi connectivity index (χ3n) is 3.61. The Bertz CT molecular complexity index is 753. The quantitative estimate of drug-likeness (QED) is 0.667. The fourth-order valence-corrected chi connectivity index (χ4v) is 2.51. The zero-order valence-corrected chi connectivity index (χ0v) is 11.2. The summed E-state index contributed by atoms with van der Waals surface area (Å²) in [4.78, 5) is 0. The van der Waals surface area contributed by atoms with Crippen molar-refractivity contribution in [1.29, 1.82) is 5.26 Å². The van der Waals surface area contributed by atoms with Crippen LogP contribution in [0.15, 0.2) is 72.8 Å². The minimum atomic E-state index is -0.0954. The summed E-state index contributed by atoms with van der Waals surface area (Å²) in [6.07, 6.45) is 0.760. The van der Waals surface area contributed by atoms with Gasteiger partial charge in [0.25, 0.3) is 0 Å². The van der Waals surface area contributed by atoms with Crippen LogP contribution >= 0.6 is 0 Å². The van der Waals surface area contributed by atoms with Crippen molar-refractivity contribution in [2.45, 2.75) is 12.3 Å². The summed E-state index contributed by atoms with van der Waals surface area (Å²) in [5, 5.41) is 11.9. The Kier molecular flexibility index (Phi) is 3.48. The number of benzene rings is 3. The molecule has 1 heteroatoms.